The molecule has 0 saturated heterocycles. The number of rotatable bonds is 6. The van der Waals surface area contributed by atoms with Crippen LogP contribution in [0.5, 0.6) is 0 Å². The lowest BCUT2D eigenvalue weighted by Gasteiger charge is -2.08. The first kappa shape index (κ1) is 20.2. The van der Waals surface area contributed by atoms with Crippen LogP contribution in [0.4, 0.5) is 11.6 Å². The number of benzene rings is 3. The van der Waals surface area contributed by atoms with Gasteiger partial charge in [-0.25, -0.2) is 9.97 Å². The smallest absolute Gasteiger partial charge is 0.249 e. The molecule has 1 amide bonds. The fraction of sp³-hybridized carbons (Fsp3) is 0. The van der Waals surface area contributed by atoms with E-state index < -0.39 is 5.91 Å². The summed E-state index contributed by atoms with van der Waals surface area (Å²) in [5, 5.41) is 3.23. The van der Waals surface area contributed by atoms with Crippen molar-refractivity contribution in [3.8, 4) is 33.8 Å². The van der Waals surface area contributed by atoms with Crippen molar-refractivity contribution >= 4 is 17.5 Å². The lowest BCUT2D eigenvalue weighted by Crippen LogP contribution is -2.12. The zero-order chi connectivity index (χ0) is 22.6. The molecule has 0 aliphatic carbocycles. The number of hydrogen-bond donors (Lipinski definition) is 3. The topological polar surface area (TPSA) is 96.7 Å². The van der Waals surface area contributed by atoms with E-state index in [1.54, 1.807) is 12.3 Å². The third-order valence-electron chi connectivity index (χ3n) is 5.32. The molecular weight excluding hydrogens is 410 g/mol. The van der Waals surface area contributed by atoms with Crippen molar-refractivity contribution in [2.75, 3.05) is 5.32 Å². The van der Waals surface area contributed by atoms with Crippen LogP contribution in [-0.4, -0.2) is 20.9 Å². The predicted octanol–water partition coefficient (Wildman–Crippen LogP) is 5.65. The summed E-state index contributed by atoms with van der Waals surface area (Å²) in [5.41, 5.74) is 12.1. The molecule has 0 radical (unpaired) electrons. The lowest BCUT2D eigenvalue weighted by molar-refractivity contribution is 0.100. The van der Waals surface area contributed by atoms with Gasteiger partial charge in [-0.15, -0.1) is 0 Å². The molecule has 0 bridgehead atoms. The maximum atomic E-state index is 12.1. The number of amides is 1. The Morgan fingerprint density at radius 3 is 2.27 bits per heavy atom. The standard InChI is InChI=1S/C27H21N5O/c28-26(33)21-14-8-7-13-20(21)22-17-24(31-25(22)18-9-3-1-4-10-18)23-15-16-29-27(32-23)30-19-11-5-2-6-12-19/h1-17,31H,(H2,28,33)(H,29,30,32). The minimum Gasteiger partial charge on any atom is -0.366 e. The molecule has 3 aromatic carbocycles. The molecule has 0 aliphatic rings. The average molecular weight is 431 g/mol. The van der Waals surface area contributed by atoms with Crippen molar-refractivity contribution in [2.24, 2.45) is 5.73 Å². The second-order valence-electron chi connectivity index (χ2n) is 7.50. The Balaban J connectivity index is 1.62. The monoisotopic (exact) mass is 431 g/mol. The van der Waals surface area contributed by atoms with Gasteiger partial charge in [0, 0.05) is 23.0 Å². The Morgan fingerprint density at radius 1 is 0.818 bits per heavy atom. The van der Waals surface area contributed by atoms with E-state index in [4.69, 9.17) is 10.7 Å². The van der Waals surface area contributed by atoms with Crippen molar-refractivity contribution in [3.05, 3.63) is 109 Å². The highest BCUT2D eigenvalue weighted by Gasteiger charge is 2.18. The van der Waals surface area contributed by atoms with Gasteiger partial charge >= 0.3 is 0 Å². The van der Waals surface area contributed by atoms with Crippen LogP contribution in [0.2, 0.25) is 0 Å². The molecule has 2 heterocycles. The van der Waals surface area contributed by atoms with Gasteiger partial charge in [0.15, 0.2) is 0 Å². The first-order chi connectivity index (χ1) is 16.2. The Morgan fingerprint density at radius 2 is 1.52 bits per heavy atom. The fourth-order valence-electron chi connectivity index (χ4n) is 3.79. The molecule has 5 rings (SSSR count). The molecule has 0 spiro atoms. The maximum Gasteiger partial charge on any atom is 0.249 e. The van der Waals surface area contributed by atoms with E-state index in [9.17, 15) is 4.79 Å². The second-order valence-corrected chi connectivity index (χ2v) is 7.50. The fourth-order valence-corrected chi connectivity index (χ4v) is 3.79. The van der Waals surface area contributed by atoms with Gasteiger partial charge in [0.05, 0.1) is 17.1 Å². The summed E-state index contributed by atoms with van der Waals surface area (Å²) >= 11 is 0. The van der Waals surface area contributed by atoms with Gasteiger partial charge in [-0.3, -0.25) is 4.79 Å². The Bertz CT molecular complexity index is 1410. The molecule has 0 atom stereocenters. The van der Waals surface area contributed by atoms with Crippen LogP contribution in [0.25, 0.3) is 33.8 Å². The van der Waals surface area contributed by atoms with Crippen LogP contribution in [0.1, 0.15) is 10.4 Å². The molecule has 33 heavy (non-hydrogen) atoms. The molecule has 6 heteroatoms. The van der Waals surface area contributed by atoms with Gasteiger partial charge in [-0.05, 0) is 41.5 Å². The number of nitrogens with zero attached hydrogens (tertiary/aromatic N) is 2. The van der Waals surface area contributed by atoms with Crippen molar-refractivity contribution in [1.82, 2.24) is 15.0 Å². The van der Waals surface area contributed by atoms with E-state index in [-0.39, 0.29) is 0 Å². The van der Waals surface area contributed by atoms with E-state index in [0.717, 1.165) is 39.5 Å². The number of aromatic nitrogens is 3. The third-order valence-corrected chi connectivity index (χ3v) is 5.32. The number of H-pyrrole nitrogens is 1. The molecular formula is C27H21N5O. The highest BCUT2D eigenvalue weighted by atomic mass is 16.1. The molecule has 0 saturated carbocycles. The van der Waals surface area contributed by atoms with Gasteiger partial charge in [-0.1, -0.05) is 66.7 Å². The molecule has 2 aromatic heterocycles. The molecule has 0 aliphatic heterocycles. The average Bonchev–Trinajstić information content (AvgIpc) is 3.31. The molecule has 160 valence electrons. The van der Waals surface area contributed by atoms with Gasteiger partial charge in [0.25, 0.3) is 0 Å². The molecule has 4 N–H and O–H groups in total. The van der Waals surface area contributed by atoms with E-state index in [1.165, 1.54) is 0 Å². The van der Waals surface area contributed by atoms with Crippen LogP contribution in [0.3, 0.4) is 0 Å². The first-order valence-corrected chi connectivity index (χ1v) is 10.5. The first-order valence-electron chi connectivity index (χ1n) is 10.5. The van der Waals surface area contributed by atoms with Crippen molar-refractivity contribution < 1.29 is 4.79 Å². The van der Waals surface area contributed by atoms with Crippen LogP contribution >= 0.6 is 0 Å². The number of nitrogens with two attached hydrogens (primary N) is 1. The number of para-hydroxylation sites is 1. The lowest BCUT2D eigenvalue weighted by atomic mass is 9.96. The zero-order valence-electron chi connectivity index (χ0n) is 17.7. The largest absolute Gasteiger partial charge is 0.366 e. The summed E-state index contributed by atoms with van der Waals surface area (Å²) in [7, 11) is 0. The Labute approximate surface area is 191 Å². The highest BCUT2D eigenvalue weighted by Crippen LogP contribution is 2.37. The number of anilines is 2. The minimum absolute atomic E-state index is 0.467. The number of aromatic amines is 1. The molecule has 6 nitrogen and oxygen atoms in total. The summed E-state index contributed by atoms with van der Waals surface area (Å²) in [5.74, 6) is 0.0254. The van der Waals surface area contributed by atoms with E-state index in [1.807, 2.05) is 91.0 Å². The Kier molecular flexibility index (Phi) is 5.39. The summed E-state index contributed by atoms with van der Waals surface area (Å²) in [6.07, 6.45) is 1.72. The number of nitrogens with one attached hydrogen (secondary N) is 2. The highest BCUT2D eigenvalue weighted by molar-refractivity contribution is 6.02. The van der Waals surface area contributed by atoms with Gasteiger partial charge < -0.3 is 16.0 Å². The van der Waals surface area contributed by atoms with Crippen molar-refractivity contribution in [1.29, 1.82) is 0 Å². The summed E-state index contributed by atoms with van der Waals surface area (Å²) in [6, 6.07) is 30.9. The van der Waals surface area contributed by atoms with Crippen LogP contribution < -0.4 is 11.1 Å². The van der Waals surface area contributed by atoms with Crippen molar-refractivity contribution in [2.45, 2.75) is 0 Å². The molecule has 0 fully saturated rings. The van der Waals surface area contributed by atoms with Crippen molar-refractivity contribution in [3.63, 3.8) is 0 Å². The minimum atomic E-state index is -0.469. The zero-order valence-corrected chi connectivity index (χ0v) is 17.7. The summed E-state index contributed by atoms with van der Waals surface area (Å²) < 4.78 is 0. The molecule has 0 unspecified atom stereocenters. The van der Waals surface area contributed by atoms with E-state index in [0.29, 0.717) is 11.5 Å². The maximum absolute atomic E-state index is 12.1. The number of carbonyl (C=O) groups excluding carboxylic acids is 1. The normalized spacial score (nSPS) is 10.7. The van der Waals surface area contributed by atoms with Gasteiger partial charge in [0.1, 0.15) is 0 Å². The SMILES string of the molecule is NC(=O)c1ccccc1-c1cc(-c2ccnc(Nc3ccccc3)n2)[nH]c1-c1ccccc1. The van der Waals surface area contributed by atoms with E-state index >= 15 is 0 Å². The van der Waals surface area contributed by atoms with Gasteiger partial charge in [0.2, 0.25) is 11.9 Å². The van der Waals surface area contributed by atoms with Crippen LogP contribution in [-0.2, 0) is 0 Å². The summed E-state index contributed by atoms with van der Waals surface area (Å²) in [6.45, 7) is 0. The van der Waals surface area contributed by atoms with Crippen LogP contribution in [0, 0.1) is 0 Å². The molecule has 5 aromatic rings. The predicted molar refractivity (Wildman–Crippen MR) is 131 cm³/mol. The number of primary amides is 1. The summed E-state index contributed by atoms with van der Waals surface area (Å²) in [4.78, 5) is 24.7. The van der Waals surface area contributed by atoms with E-state index in [2.05, 4.69) is 15.3 Å². The number of hydrogen-bond acceptors (Lipinski definition) is 4. The second kappa shape index (κ2) is 8.80. The third kappa shape index (κ3) is 4.22. The quantitative estimate of drug-likeness (QED) is 0.324. The Hall–Kier alpha value is -4.71. The number of carbonyl (C=O) groups is 1. The van der Waals surface area contributed by atoms with Gasteiger partial charge in [-0.2, -0.15) is 0 Å². The van der Waals surface area contributed by atoms with Crippen LogP contribution in [0.15, 0.2) is 103 Å².